The quantitative estimate of drug-likeness (QED) is 0.655. The highest BCUT2D eigenvalue weighted by Crippen LogP contribution is 2.37. The summed E-state index contributed by atoms with van der Waals surface area (Å²) in [4.78, 5) is 13.9. The number of carboxylic acids is 1. The highest BCUT2D eigenvalue weighted by Gasteiger charge is 2.51. The predicted molar refractivity (Wildman–Crippen MR) is 125 cm³/mol. The van der Waals surface area contributed by atoms with E-state index in [2.05, 4.69) is 81.1 Å². The molecule has 1 aliphatic heterocycles. The van der Waals surface area contributed by atoms with Crippen molar-refractivity contribution in [2.45, 2.75) is 51.6 Å². The summed E-state index contributed by atoms with van der Waals surface area (Å²) in [6.45, 7) is 11.1. The van der Waals surface area contributed by atoms with E-state index in [9.17, 15) is 9.90 Å². The number of rotatable bonds is 8. The average Bonchev–Trinajstić information content (AvgIpc) is 3.12. The summed E-state index contributed by atoms with van der Waals surface area (Å²) in [5.41, 5.74) is 0. The minimum atomic E-state index is -2.57. The Morgan fingerprint density at radius 3 is 2.03 bits per heavy atom. The molecule has 1 heterocycles. The van der Waals surface area contributed by atoms with Crippen molar-refractivity contribution < 1.29 is 14.3 Å². The number of hydrogen-bond acceptors (Lipinski definition) is 3. The zero-order valence-corrected chi connectivity index (χ0v) is 19.7. The molecule has 1 fully saturated rings. The molecule has 2 atom stereocenters. The van der Waals surface area contributed by atoms with Crippen molar-refractivity contribution in [1.29, 1.82) is 0 Å². The van der Waals surface area contributed by atoms with Crippen molar-refractivity contribution in [3.63, 3.8) is 0 Å². The van der Waals surface area contributed by atoms with Gasteiger partial charge >= 0.3 is 5.97 Å². The van der Waals surface area contributed by atoms with Crippen molar-refractivity contribution in [3.05, 3.63) is 60.7 Å². The zero-order chi connectivity index (χ0) is 21.8. The van der Waals surface area contributed by atoms with Crippen LogP contribution in [0.4, 0.5) is 0 Å². The molecule has 0 aromatic heterocycles. The summed E-state index contributed by atoms with van der Waals surface area (Å²) >= 11 is 0. The zero-order valence-electron chi connectivity index (χ0n) is 18.7. The summed E-state index contributed by atoms with van der Waals surface area (Å²) in [7, 11) is -2.57. The number of benzene rings is 2. The van der Waals surface area contributed by atoms with Crippen molar-refractivity contribution in [2.24, 2.45) is 5.92 Å². The molecule has 162 valence electrons. The van der Waals surface area contributed by atoms with Gasteiger partial charge in [-0.2, -0.15) is 0 Å². The molecular weight excluding hydrogens is 390 g/mol. The maximum Gasteiger partial charge on any atom is 0.320 e. The second-order valence-corrected chi connectivity index (χ2v) is 13.7. The number of carboxylic acid groups (broad SMARTS) is 1. The van der Waals surface area contributed by atoms with Crippen LogP contribution in [0.25, 0.3) is 0 Å². The summed E-state index contributed by atoms with van der Waals surface area (Å²) in [6, 6.07) is 20.9. The van der Waals surface area contributed by atoms with E-state index in [4.69, 9.17) is 4.43 Å². The van der Waals surface area contributed by atoms with Crippen LogP contribution in [0.1, 0.15) is 40.5 Å². The normalized spacial score (nSPS) is 20.4. The lowest BCUT2D eigenvalue weighted by molar-refractivity contribution is -0.142. The van der Waals surface area contributed by atoms with Gasteiger partial charge in [-0.3, -0.25) is 9.69 Å². The van der Waals surface area contributed by atoms with Gasteiger partial charge in [-0.25, -0.2) is 0 Å². The van der Waals surface area contributed by atoms with E-state index in [-0.39, 0.29) is 11.0 Å². The summed E-state index contributed by atoms with van der Waals surface area (Å²) in [5, 5.41) is 12.1. The smallest absolute Gasteiger partial charge is 0.320 e. The molecule has 1 N–H and O–H groups in total. The molecule has 0 amide bonds. The predicted octanol–water partition coefficient (Wildman–Crippen LogP) is 3.75. The Labute approximate surface area is 182 Å². The van der Waals surface area contributed by atoms with Gasteiger partial charge in [-0.05, 0) is 40.7 Å². The van der Waals surface area contributed by atoms with E-state index in [1.165, 1.54) is 10.4 Å². The maximum atomic E-state index is 11.8. The van der Waals surface area contributed by atoms with Gasteiger partial charge in [0.2, 0.25) is 0 Å². The second kappa shape index (κ2) is 9.46. The fourth-order valence-electron chi connectivity index (χ4n) is 4.91. The molecule has 0 bridgehead atoms. The molecule has 1 saturated heterocycles. The van der Waals surface area contributed by atoms with Gasteiger partial charge in [0, 0.05) is 13.2 Å². The highest BCUT2D eigenvalue weighted by atomic mass is 28.4. The highest BCUT2D eigenvalue weighted by molar-refractivity contribution is 6.99. The van der Waals surface area contributed by atoms with Gasteiger partial charge in [0.15, 0.2) is 0 Å². The van der Waals surface area contributed by atoms with E-state index in [0.29, 0.717) is 13.0 Å². The van der Waals surface area contributed by atoms with Gasteiger partial charge < -0.3 is 9.53 Å². The molecule has 30 heavy (non-hydrogen) atoms. The second-order valence-electron chi connectivity index (χ2n) is 9.42. The van der Waals surface area contributed by atoms with E-state index in [1.54, 1.807) is 0 Å². The van der Waals surface area contributed by atoms with Crippen LogP contribution in [-0.4, -0.2) is 50.0 Å². The Morgan fingerprint density at radius 2 is 1.60 bits per heavy atom. The SMILES string of the molecule is CCCN1CC(CO[Si](c2ccccc2)(c2ccccc2)C(C)(C)C)CC1C(=O)O. The lowest BCUT2D eigenvalue weighted by atomic mass is 10.1. The van der Waals surface area contributed by atoms with Crippen molar-refractivity contribution in [1.82, 2.24) is 4.90 Å². The van der Waals surface area contributed by atoms with Crippen LogP contribution in [0, 0.1) is 5.92 Å². The monoisotopic (exact) mass is 425 g/mol. The fourth-order valence-corrected chi connectivity index (χ4v) is 9.56. The van der Waals surface area contributed by atoms with Crippen molar-refractivity contribution in [3.8, 4) is 0 Å². The van der Waals surface area contributed by atoms with Crippen LogP contribution in [0.2, 0.25) is 5.04 Å². The maximum absolute atomic E-state index is 11.8. The van der Waals surface area contributed by atoms with E-state index < -0.39 is 20.3 Å². The van der Waals surface area contributed by atoms with Crippen molar-refractivity contribution >= 4 is 24.7 Å². The summed E-state index contributed by atoms with van der Waals surface area (Å²) in [6.07, 6.45) is 1.62. The van der Waals surface area contributed by atoms with Crippen LogP contribution in [0.3, 0.4) is 0 Å². The molecule has 3 rings (SSSR count). The first-order valence-electron chi connectivity index (χ1n) is 11.0. The third kappa shape index (κ3) is 4.53. The molecule has 2 unspecified atom stereocenters. The number of likely N-dealkylation sites (tertiary alicyclic amines) is 1. The van der Waals surface area contributed by atoms with Crippen LogP contribution in [0.5, 0.6) is 0 Å². The Morgan fingerprint density at radius 1 is 1.07 bits per heavy atom. The van der Waals surface area contributed by atoms with Crippen molar-refractivity contribution in [2.75, 3.05) is 19.7 Å². The van der Waals surface area contributed by atoms with Gasteiger partial charge in [-0.1, -0.05) is 88.4 Å². The lowest BCUT2D eigenvalue weighted by Gasteiger charge is -2.43. The van der Waals surface area contributed by atoms with Gasteiger partial charge in [-0.15, -0.1) is 0 Å². The molecule has 0 radical (unpaired) electrons. The molecule has 2 aromatic rings. The Kier molecular flexibility index (Phi) is 7.16. The molecule has 0 aliphatic carbocycles. The number of carbonyl (C=O) groups is 1. The van der Waals surface area contributed by atoms with E-state index in [0.717, 1.165) is 19.5 Å². The van der Waals surface area contributed by atoms with Gasteiger partial charge in [0.1, 0.15) is 6.04 Å². The standard InChI is InChI=1S/C25H35NO3Si/c1-5-16-26-18-20(17-23(26)24(27)28)19-29-30(25(2,3)4,21-12-8-6-9-13-21)22-14-10-7-11-15-22/h6-15,20,23H,5,16-19H2,1-4H3,(H,27,28). The van der Waals surface area contributed by atoms with Crippen LogP contribution in [0.15, 0.2) is 60.7 Å². The molecule has 0 saturated carbocycles. The van der Waals surface area contributed by atoms with E-state index >= 15 is 0 Å². The molecule has 2 aromatic carbocycles. The van der Waals surface area contributed by atoms with Crippen LogP contribution >= 0.6 is 0 Å². The first-order valence-corrected chi connectivity index (χ1v) is 12.9. The third-order valence-corrected chi connectivity index (χ3v) is 11.2. The first-order chi connectivity index (χ1) is 14.3. The number of hydrogen-bond donors (Lipinski definition) is 1. The third-order valence-electron chi connectivity index (χ3n) is 6.24. The Balaban J connectivity index is 1.94. The summed E-state index contributed by atoms with van der Waals surface area (Å²) < 4.78 is 7.02. The van der Waals surface area contributed by atoms with Gasteiger partial charge in [0.05, 0.1) is 0 Å². The topological polar surface area (TPSA) is 49.8 Å². The largest absolute Gasteiger partial charge is 0.480 e. The lowest BCUT2D eigenvalue weighted by Crippen LogP contribution is -2.67. The molecule has 1 aliphatic rings. The van der Waals surface area contributed by atoms with E-state index in [1.807, 2.05) is 12.1 Å². The molecule has 4 nitrogen and oxygen atoms in total. The van der Waals surface area contributed by atoms with Crippen LogP contribution in [-0.2, 0) is 9.22 Å². The van der Waals surface area contributed by atoms with Gasteiger partial charge in [0.25, 0.3) is 8.32 Å². The number of nitrogens with zero attached hydrogens (tertiary/aromatic N) is 1. The van der Waals surface area contributed by atoms with Crippen LogP contribution < -0.4 is 10.4 Å². The fraction of sp³-hybridized carbons (Fsp3) is 0.480. The molecule has 5 heteroatoms. The average molecular weight is 426 g/mol. The minimum Gasteiger partial charge on any atom is -0.480 e. The number of aliphatic carboxylic acids is 1. The Bertz CT molecular complexity index is 780. The molecular formula is C25H35NO3Si. The molecule has 0 spiro atoms. The minimum absolute atomic E-state index is 0.0659. The first kappa shape index (κ1) is 22.7. The summed E-state index contributed by atoms with van der Waals surface area (Å²) in [5.74, 6) is -0.476. The Hall–Kier alpha value is -1.95.